The molecule has 0 unspecified atom stereocenters. The Kier molecular flexibility index (Phi) is 2.87. The molecule has 2 aliphatic rings. The second kappa shape index (κ2) is 3.76. The van der Waals surface area contributed by atoms with Gasteiger partial charge in [0.05, 0.1) is 12.2 Å². The van der Waals surface area contributed by atoms with Crippen molar-refractivity contribution in [3.8, 4) is 0 Å². The molecule has 1 saturated heterocycles. The Bertz CT molecular complexity index is 221. The fourth-order valence-corrected chi connectivity index (χ4v) is 3.48. The van der Waals surface area contributed by atoms with Crippen molar-refractivity contribution >= 4 is 0 Å². The summed E-state index contributed by atoms with van der Waals surface area (Å²) in [5.74, 6) is 1.81. The third kappa shape index (κ3) is 2.38. The molecule has 1 nitrogen and oxygen atoms in total. The normalized spacial score (nSPS) is 40.2. The summed E-state index contributed by atoms with van der Waals surface area (Å²) in [5, 5.41) is 0. The Morgan fingerprint density at radius 2 is 1.73 bits per heavy atom. The lowest BCUT2D eigenvalue weighted by Crippen LogP contribution is -2.35. The molecular formula is C14H26O. The molecule has 0 aromatic carbocycles. The summed E-state index contributed by atoms with van der Waals surface area (Å²) in [4.78, 5) is 0. The van der Waals surface area contributed by atoms with E-state index in [1.54, 1.807) is 0 Å². The lowest BCUT2D eigenvalue weighted by atomic mass is 9.71. The van der Waals surface area contributed by atoms with Crippen LogP contribution < -0.4 is 0 Å². The Hall–Kier alpha value is -0.0400. The summed E-state index contributed by atoms with van der Waals surface area (Å²) in [5.41, 5.74) is 0.694. The molecule has 1 aliphatic carbocycles. The molecule has 1 heteroatoms. The molecule has 0 aromatic rings. The molecule has 0 atom stereocenters. The zero-order valence-electron chi connectivity index (χ0n) is 10.8. The molecule has 0 aromatic heterocycles. The van der Waals surface area contributed by atoms with Gasteiger partial charge in [-0.05, 0) is 49.4 Å². The van der Waals surface area contributed by atoms with E-state index in [2.05, 4.69) is 27.7 Å². The van der Waals surface area contributed by atoms with E-state index in [-0.39, 0.29) is 5.60 Å². The second-order valence-corrected chi connectivity index (χ2v) is 6.89. The van der Waals surface area contributed by atoms with E-state index < -0.39 is 0 Å². The van der Waals surface area contributed by atoms with Gasteiger partial charge in [-0.15, -0.1) is 0 Å². The van der Waals surface area contributed by atoms with Crippen LogP contribution in [0.25, 0.3) is 0 Å². The second-order valence-electron chi connectivity index (χ2n) is 6.89. The molecule has 2 fully saturated rings. The van der Waals surface area contributed by atoms with Crippen LogP contribution >= 0.6 is 0 Å². The molecule has 1 heterocycles. The Morgan fingerprint density at radius 3 is 2.13 bits per heavy atom. The molecule has 0 amide bonds. The number of hydrogen-bond donors (Lipinski definition) is 0. The highest BCUT2D eigenvalue weighted by molar-refractivity contribution is 4.96. The van der Waals surface area contributed by atoms with Crippen molar-refractivity contribution in [3.63, 3.8) is 0 Å². The lowest BCUT2D eigenvalue weighted by molar-refractivity contribution is -0.0398. The Morgan fingerprint density at radius 1 is 1.13 bits per heavy atom. The summed E-state index contributed by atoms with van der Waals surface area (Å²) < 4.78 is 6.12. The van der Waals surface area contributed by atoms with Crippen molar-refractivity contribution in [2.75, 3.05) is 6.61 Å². The zero-order valence-corrected chi connectivity index (χ0v) is 10.8. The van der Waals surface area contributed by atoms with Gasteiger partial charge in [0.1, 0.15) is 0 Å². The van der Waals surface area contributed by atoms with Crippen LogP contribution in [-0.2, 0) is 4.74 Å². The van der Waals surface area contributed by atoms with Gasteiger partial charge < -0.3 is 4.74 Å². The van der Waals surface area contributed by atoms with E-state index in [1.807, 2.05) is 0 Å². The maximum atomic E-state index is 6.12. The van der Waals surface area contributed by atoms with Crippen LogP contribution in [0.2, 0.25) is 0 Å². The minimum atomic E-state index is 0.273. The summed E-state index contributed by atoms with van der Waals surface area (Å²) in [6.07, 6.45) is 6.66. The van der Waals surface area contributed by atoms with Crippen LogP contribution in [-0.4, -0.2) is 12.2 Å². The van der Waals surface area contributed by atoms with Crippen LogP contribution in [0.15, 0.2) is 0 Å². The highest BCUT2D eigenvalue weighted by atomic mass is 16.5. The summed E-state index contributed by atoms with van der Waals surface area (Å²) >= 11 is 0. The van der Waals surface area contributed by atoms with Crippen LogP contribution in [0.1, 0.15) is 59.8 Å². The van der Waals surface area contributed by atoms with Gasteiger partial charge in [0.25, 0.3) is 0 Å². The minimum absolute atomic E-state index is 0.273. The van der Waals surface area contributed by atoms with E-state index in [0.29, 0.717) is 5.41 Å². The lowest BCUT2D eigenvalue weighted by Gasteiger charge is -2.38. The minimum Gasteiger partial charge on any atom is -0.374 e. The first-order valence-corrected chi connectivity index (χ1v) is 6.57. The van der Waals surface area contributed by atoms with Gasteiger partial charge in [-0.2, -0.15) is 0 Å². The van der Waals surface area contributed by atoms with Crippen LogP contribution in [0.4, 0.5) is 0 Å². The molecule has 1 saturated carbocycles. The fourth-order valence-electron chi connectivity index (χ4n) is 3.48. The molecule has 15 heavy (non-hydrogen) atoms. The first-order valence-electron chi connectivity index (χ1n) is 6.57. The van der Waals surface area contributed by atoms with Crippen molar-refractivity contribution in [1.29, 1.82) is 0 Å². The van der Waals surface area contributed by atoms with Crippen LogP contribution in [0.5, 0.6) is 0 Å². The molecule has 2 rings (SSSR count). The van der Waals surface area contributed by atoms with Crippen molar-refractivity contribution in [2.24, 2.45) is 17.3 Å². The topological polar surface area (TPSA) is 9.23 Å². The van der Waals surface area contributed by atoms with Gasteiger partial charge in [-0.1, -0.05) is 27.7 Å². The SMILES string of the molecule is CC(C)[C@H]1CC[C@]2(CC1)CC(C)(C)CO2. The number of ether oxygens (including phenoxy) is 1. The van der Waals surface area contributed by atoms with Crippen LogP contribution in [0.3, 0.4) is 0 Å². The smallest absolute Gasteiger partial charge is 0.0689 e. The van der Waals surface area contributed by atoms with Crippen molar-refractivity contribution in [2.45, 2.75) is 65.4 Å². The van der Waals surface area contributed by atoms with Gasteiger partial charge in [0, 0.05) is 0 Å². The third-order valence-corrected chi connectivity index (χ3v) is 4.45. The van der Waals surface area contributed by atoms with E-state index in [1.165, 1.54) is 32.1 Å². The summed E-state index contributed by atoms with van der Waals surface area (Å²) in [6, 6.07) is 0. The van der Waals surface area contributed by atoms with Gasteiger partial charge >= 0.3 is 0 Å². The Balaban J connectivity index is 1.93. The van der Waals surface area contributed by atoms with Crippen molar-refractivity contribution < 1.29 is 4.74 Å². The fraction of sp³-hybridized carbons (Fsp3) is 1.00. The van der Waals surface area contributed by atoms with E-state index in [0.717, 1.165) is 18.4 Å². The van der Waals surface area contributed by atoms with Crippen LogP contribution in [0, 0.1) is 17.3 Å². The Labute approximate surface area is 94.6 Å². The maximum absolute atomic E-state index is 6.12. The third-order valence-electron chi connectivity index (χ3n) is 4.45. The van der Waals surface area contributed by atoms with Gasteiger partial charge in [0.15, 0.2) is 0 Å². The van der Waals surface area contributed by atoms with Crippen molar-refractivity contribution in [3.05, 3.63) is 0 Å². The number of hydrogen-bond acceptors (Lipinski definition) is 1. The molecule has 1 spiro atoms. The maximum Gasteiger partial charge on any atom is 0.0689 e. The van der Waals surface area contributed by atoms with Gasteiger partial charge in [-0.25, -0.2) is 0 Å². The van der Waals surface area contributed by atoms with E-state index in [4.69, 9.17) is 4.74 Å². The molecule has 0 bridgehead atoms. The average molecular weight is 210 g/mol. The highest BCUT2D eigenvalue weighted by Crippen LogP contribution is 2.48. The van der Waals surface area contributed by atoms with Gasteiger partial charge in [-0.3, -0.25) is 0 Å². The van der Waals surface area contributed by atoms with E-state index >= 15 is 0 Å². The predicted molar refractivity (Wildman–Crippen MR) is 63.9 cm³/mol. The highest BCUT2D eigenvalue weighted by Gasteiger charge is 2.46. The largest absolute Gasteiger partial charge is 0.374 e. The summed E-state index contributed by atoms with van der Waals surface area (Å²) in [6.45, 7) is 10.4. The first-order chi connectivity index (χ1) is 6.93. The molecule has 0 radical (unpaired) electrons. The summed E-state index contributed by atoms with van der Waals surface area (Å²) in [7, 11) is 0. The number of rotatable bonds is 1. The molecule has 88 valence electrons. The predicted octanol–water partition coefficient (Wildman–Crippen LogP) is 4.02. The molecular weight excluding hydrogens is 184 g/mol. The van der Waals surface area contributed by atoms with Gasteiger partial charge in [0.2, 0.25) is 0 Å². The first kappa shape index (κ1) is 11.4. The quantitative estimate of drug-likeness (QED) is 0.635. The zero-order chi connectivity index (χ0) is 11.1. The average Bonchev–Trinajstić information content (AvgIpc) is 2.43. The van der Waals surface area contributed by atoms with Crippen molar-refractivity contribution in [1.82, 2.24) is 0 Å². The molecule has 1 aliphatic heterocycles. The molecule has 0 N–H and O–H groups in total. The standard InChI is InChI=1S/C14H26O/c1-11(2)12-5-7-14(8-6-12)9-13(3,4)10-15-14/h11-12H,5-10H2,1-4H3/t12-,14-. The van der Waals surface area contributed by atoms with E-state index in [9.17, 15) is 0 Å². The monoisotopic (exact) mass is 210 g/mol.